The first kappa shape index (κ1) is 19.0. The number of rotatable bonds is 7. The topological polar surface area (TPSA) is 69.6 Å². The standard InChI is InChI=1S/C17H18F2N2O3S/c1-2-21(14-6-5-11(18)10-13(14)19)17(24)15(22)16(23)20-8-7-12-4-3-9-25-12/h3-6,9-10,15,22H,2,7-8H2,1H3,(H,20,23)/t15-/m0/s1. The predicted octanol–water partition coefficient (Wildman–Crippen LogP) is 2.10. The van der Waals surface area contributed by atoms with Crippen LogP contribution in [0.25, 0.3) is 0 Å². The molecule has 2 amide bonds. The van der Waals surface area contributed by atoms with E-state index < -0.39 is 29.6 Å². The number of carbonyl (C=O) groups excluding carboxylic acids is 2. The summed E-state index contributed by atoms with van der Waals surface area (Å²) in [5, 5.41) is 14.3. The number of aliphatic hydroxyl groups is 1. The van der Waals surface area contributed by atoms with Gasteiger partial charge >= 0.3 is 0 Å². The molecule has 2 aromatic rings. The highest BCUT2D eigenvalue weighted by Crippen LogP contribution is 2.21. The molecule has 134 valence electrons. The number of nitrogens with one attached hydrogen (secondary N) is 1. The van der Waals surface area contributed by atoms with Gasteiger partial charge in [-0.05, 0) is 36.9 Å². The highest BCUT2D eigenvalue weighted by atomic mass is 32.1. The first-order valence-corrected chi connectivity index (χ1v) is 8.56. The monoisotopic (exact) mass is 368 g/mol. The maximum absolute atomic E-state index is 13.9. The summed E-state index contributed by atoms with van der Waals surface area (Å²) >= 11 is 1.54. The van der Waals surface area contributed by atoms with Crippen molar-refractivity contribution in [1.82, 2.24) is 5.32 Å². The smallest absolute Gasteiger partial charge is 0.265 e. The molecule has 0 saturated carbocycles. The summed E-state index contributed by atoms with van der Waals surface area (Å²) in [6.45, 7) is 1.84. The second-order valence-corrected chi connectivity index (χ2v) is 6.23. The van der Waals surface area contributed by atoms with E-state index in [4.69, 9.17) is 0 Å². The van der Waals surface area contributed by atoms with Gasteiger partial charge in [-0.2, -0.15) is 0 Å². The molecule has 1 heterocycles. The Balaban J connectivity index is 1.99. The summed E-state index contributed by atoms with van der Waals surface area (Å²) in [6.07, 6.45) is -1.39. The molecule has 0 aliphatic rings. The minimum atomic E-state index is -1.97. The number of hydrogen-bond acceptors (Lipinski definition) is 4. The van der Waals surface area contributed by atoms with Crippen molar-refractivity contribution in [2.24, 2.45) is 0 Å². The van der Waals surface area contributed by atoms with Crippen molar-refractivity contribution in [3.05, 3.63) is 52.2 Å². The van der Waals surface area contributed by atoms with Crippen LogP contribution < -0.4 is 10.2 Å². The highest BCUT2D eigenvalue weighted by Gasteiger charge is 2.29. The van der Waals surface area contributed by atoms with Gasteiger partial charge in [0.1, 0.15) is 11.6 Å². The maximum Gasteiger partial charge on any atom is 0.265 e. The fraction of sp³-hybridized carbons (Fsp3) is 0.294. The molecule has 0 bridgehead atoms. The molecule has 0 spiro atoms. The Morgan fingerprint density at radius 1 is 1.32 bits per heavy atom. The van der Waals surface area contributed by atoms with E-state index in [1.54, 1.807) is 6.92 Å². The number of thiophene rings is 1. The van der Waals surface area contributed by atoms with Crippen LogP contribution in [0.15, 0.2) is 35.7 Å². The Morgan fingerprint density at radius 3 is 2.68 bits per heavy atom. The van der Waals surface area contributed by atoms with Crippen molar-refractivity contribution in [2.45, 2.75) is 19.4 Å². The van der Waals surface area contributed by atoms with Crippen LogP contribution in [-0.2, 0) is 16.0 Å². The number of carbonyl (C=O) groups is 2. The van der Waals surface area contributed by atoms with Crippen molar-refractivity contribution in [2.75, 3.05) is 18.0 Å². The zero-order valence-electron chi connectivity index (χ0n) is 13.5. The molecule has 2 rings (SSSR count). The Hall–Kier alpha value is -2.32. The number of nitrogens with zero attached hydrogens (tertiary/aromatic N) is 1. The van der Waals surface area contributed by atoms with Gasteiger partial charge in [-0.1, -0.05) is 6.07 Å². The second kappa shape index (κ2) is 8.68. The second-order valence-electron chi connectivity index (χ2n) is 5.20. The molecule has 1 aromatic heterocycles. The van der Waals surface area contributed by atoms with Crippen molar-refractivity contribution >= 4 is 28.8 Å². The molecule has 5 nitrogen and oxygen atoms in total. The fourth-order valence-electron chi connectivity index (χ4n) is 2.27. The predicted molar refractivity (Wildman–Crippen MR) is 91.4 cm³/mol. The Morgan fingerprint density at radius 2 is 2.08 bits per heavy atom. The molecule has 2 N–H and O–H groups in total. The maximum atomic E-state index is 13.9. The van der Waals surface area contributed by atoms with E-state index in [1.807, 2.05) is 17.5 Å². The van der Waals surface area contributed by atoms with Crippen molar-refractivity contribution < 1.29 is 23.5 Å². The number of amides is 2. The summed E-state index contributed by atoms with van der Waals surface area (Å²) < 4.78 is 26.9. The van der Waals surface area contributed by atoms with Crippen LogP contribution in [0.1, 0.15) is 11.8 Å². The van der Waals surface area contributed by atoms with Gasteiger partial charge in [0.2, 0.25) is 6.10 Å². The summed E-state index contributed by atoms with van der Waals surface area (Å²) in [6, 6.07) is 6.53. The number of likely N-dealkylation sites (N-methyl/N-ethyl adjacent to an activating group) is 1. The fourth-order valence-corrected chi connectivity index (χ4v) is 2.97. The highest BCUT2D eigenvalue weighted by molar-refractivity contribution is 7.09. The van der Waals surface area contributed by atoms with Crippen LogP contribution in [0, 0.1) is 11.6 Å². The molecule has 0 aliphatic heterocycles. The average molecular weight is 368 g/mol. The van der Waals surface area contributed by atoms with E-state index in [0.717, 1.165) is 21.9 Å². The normalized spacial score (nSPS) is 11.8. The number of hydrogen-bond donors (Lipinski definition) is 2. The Kier molecular flexibility index (Phi) is 6.60. The van der Waals surface area contributed by atoms with Crippen molar-refractivity contribution in [3.63, 3.8) is 0 Å². The number of aliphatic hydroxyl groups excluding tert-OH is 1. The largest absolute Gasteiger partial charge is 0.375 e. The van der Waals surface area contributed by atoms with E-state index in [1.165, 1.54) is 11.3 Å². The first-order valence-electron chi connectivity index (χ1n) is 7.68. The zero-order chi connectivity index (χ0) is 18.4. The van der Waals surface area contributed by atoms with Gasteiger partial charge in [-0.25, -0.2) is 8.78 Å². The SMILES string of the molecule is CCN(C(=O)[C@@H](O)C(=O)NCCc1cccs1)c1ccc(F)cc1F. The van der Waals surface area contributed by atoms with E-state index >= 15 is 0 Å². The van der Waals surface area contributed by atoms with Gasteiger partial charge in [0.15, 0.2) is 0 Å². The van der Waals surface area contributed by atoms with Crippen LogP contribution in [0.5, 0.6) is 0 Å². The van der Waals surface area contributed by atoms with E-state index in [-0.39, 0.29) is 18.8 Å². The molecular weight excluding hydrogens is 350 g/mol. The van der Waals surface area contributed by atoms with Gasteiger partial charge in [0.05, 0.1) is 5.69 Å². The Labute approximate surface area is 147 Å². The Bertz CT molecular complexity index is 737. The number of anilines is 1. The third-order valence-electron chi connectivity index (χ3n) is 3.52. The van der Waals surface area contributed by atoms with E-state index in [0.29, 0.717) is 12.5 Å². The van der Waals surface area contributed by atoms with Crippen LogP contribution in [-0.4, -0.2) is 36.1 Å². The van der Waals surface area contributed by atoms with Crippen LogP contribution in [0.3, 0.4) is 0 Å². The lowest BCUT2D eigenvalue weighted by atomic mass is 10.2. The van der Waals surface area contributed by atoms with Crippen LogP contribution >= 0.6 is 11.3 Å². The summed E-state index contributed by atoms with van der Waals surface area (Å²) in [7, 11) is 0. The minimum absolute atomic E-state index is 0.0148. The molecule has 8 heteroatoms. The minimum Gasteiger partial charge on any atom is -0.375 e. The quantitative estimate of drug-likeness (QED) is 0.736. The van der Waals surface area contributed by atoms with E-state index in [2.05, 4.69) is 5.32 Å². The van der Waals surface area contributed by atoms with Crippen LogP contribution in [0.4, 0.5) is 14.5 Å². The van der Waals surface area contributed by atoms with Crippen molar-refractivity contribution in [3.8, 4) is 0 Å². The summed E-state index contributed by atoms with van der Waals surface area (Å²) in [4.78, 5) is 26.2. The third-order valence-corrected chi connectivity index (χ3v) is 4.45. The molecule has 0 aliphatic carbocycles. The summed E-state index contributed by atoms with van der Waals surface area (Å²) in [5.74, 6) is -3.55. The molecule has 1 aromatic carbocycles. The number of benzene rings is 1. The van der Waals surface area contributed by atoms with Gasteiger partial charge in [0.25, 0.3) is 11.8 Å². The van der Waals surface area contributed by atoms with Crippen LogP contribution in [0.2, 0.25) is 0 Å². The summed E-state index contributed by atoms with van der Waals surface area (Å²) in [5.41, 5.74) is -0.195. The van der Waals surface area contributed by atoms with E-state index in [9.17, 15) is 23.5 Å². The molecule has 0 unspecified atom stereocenters. The van der Waals surface area contributed by atoms with Gasteiger partial charge < -0.3 is 15.3 Å². The molecular formula is C17H18F2N2O3S. The molecule has 0 radical (unpaired) electrons. The lowest BCUT2D eigenvalue weighted by Gasteiger charge is -2.24. The third kappa shape index (κ3) is 4.83. The van der Waals surface area contributed by atoms with Crippen molar-refractivity contribution in [1.29, 1.82) is 0 Å². The van der Waals surface area contributed by atoms with Gasteiger partial charge in [0, 0.05) is 24.0 Å². The lowest BCUT2D eigenvalue weighted by molar-refractivity contribution is -0.139. The molecule has 0 fully saturated rings. The average Bonchev–Trinajstić information content (AvgIpc) is 3.09. The molecule has 0 saturated heterocycles. The first-order chi connectivity index (χ1) is 11.9. The zero-order valence-corrected chi connectivity index (χ0v) is 14.4. The van der Waals surface area contributed by atoms with Gasteiger partial charge in [-0.3, -0.25) is 9.59 Å². The molecule has 1 atom stereocenters. The lowest BCUT2D eigenvalue weighted by Crippen LogP contribution is -2.48. The van der Waals surface area contributed by atoms with Gasteiger partial charge in [-0.15, -0.1) is 11.3 Å². The molecule has 25 heavy (non-hydrogen) atoms. The number of halogens is 2.